The topological polar surface area (TPSA) is 175 Å². The number of hydrogen-bond donors (Lipinski definition) is 6. The number of esters is 1. The van der Waals surface area contributed by atoms with Gasteiger partial charge in [0.25, 0.3) is 0 Å². The molecule has 0 aliphatic carbocycles. The molecule has 1 saturated heterocycles. The zero-order chi connectivity index (χ0) is 64.6. The highest BCUT2D eigenvalue weighted by Crippen LogP contribution is 2.26. The second kappa shape index (κ2) is 64.4. The molecule has 0 radical (unpaired) electrons. The van der Waals surface area contributed by atoms with Gasteiger partial charge < -0.3 is 45.1 Å². The predicted molar refractivity (Wildman–Crippen MR) is 375 cm³/mol. The van der Waals surface area contributed by atoms with Gasteiger partial charge in [0.15, 0.2) is 12.4 Å². The van der Waals surface area contributed by atoms with E-state index in [1.54, 1.807) is 6.08 Å². The average Bonchev–Trinajstić information content (AvgIpc) is 1.97. The van der Waals surface area contributed by atoms with Crippen LogP contribution in [0.5, 0.6) is 0 Å². The molecule has 1 aliphatic rings. The fourth-order valence-electron chi connectivity index (χ4n) is 10.9. The van der Waals surface area contributed by atoms with Gasteiger partial charge in [0.1, 0.15) is 24.4 Å². The van der Waals surface area contributed by atoms with Gasteiger partial charge in [0.2, 0.25) is 5.91 Å². The largest absolute Gasteiger partial charge is 0.454 e. The van der Waals surface area contributed by atoms with Crippen molar-refractivity contribution >= 4 is 11.9 Å². The fraction of sp³-hybridized carbons (Fsp3) is 0.744. The minimum Gasteiger partial charge on any atom is -0.454 e. The molecule has 0 spiro atoms. The molecule has 1 aliphatic heterocycles. The Kier molecular flexibility index (Phi) is 60.3. The minimum atomic E-state index is -1.63. The summed E-state index contributed by atoms with van der Waals surface area (Å²) < 4.78 is 17.7. The summed E-state index contributed by atoms with van der Waals surface area (Å²) in [6.45, 7) is 5.66. The average molecular weight is 1250 g/mol. The lowest BCUT2D eigenvalue weighted by Crippen LogP contribution is -2.61. The Morgan fingerprint density at radius 3 is 1.24 bits per heavy atom. The molecule has 0 saturated carbocycles. The molecule has 512 valence electrons. The summed E-state index contributed by atoms with van der Waals surface area (Å²) in [6.07, 6.45) is 78.4. The van der Waals surface area contributed by atoms with Crippen LogP contribution >= 0.6 is 0 Å². The van der Waals surface area contributed by atoms with Crippen LogP contribution in [0.2, 0.25) is 0 Å². The van der Waals surface area contributed by atoms with Crippen molar-refractivity contribution in [2.45, 2.75) is 359 Å². The highest BCUT2D eigenvalue weighted by atomic mass is 16.7. The van der Waals surface area contributed by atoms with Crippen molar-refractivity contribution in [3.63, 3.8) is 0 Å². The van der Waals surface area contributed by atoms with E-state index >= 15 is 0 Å². The molecule has 8 unspecified atom stereocenters. The number of allylic oxidation sites excluding steroid dienone is 17. The summed E-state index contributed by atoms with van der Waals surface area (Å²) in [4.78, 5) is 26.7. The summed E-state index contributed by atoms with van der Waals surface area (Å²) in [5.41, 5.74) is 0. The quantitative estimate of drug-likeness (QED) is 0.0195. The Balaban J connectivity index is 2.54. The zero-order valence-electron chi connectivity index (χ0n) is 57.0. The van der Waals surface area contributed by atoms with Crippen LogP contribution in [-0.4, -0.2) is 99.6 Å². The number of hydrogen-bond acceptors (Lipinski definition) is 10. The summed E-state index contributed by atoms with van der Waals surface area (Å²) in [7, 11) is 0. The molecule has 11 heteroatoms. The molecular weight excluding hydrogens is 1110 g/mol. The summed E-state index contributed by atoms with van der Waals surface area (Å²) in [5, 5.41) is 57.3. The van der Waals surface area contributed by atoms with Crippen molar-refractivity contribution < 1.29 is 49.3 Å². The second-order valence-electron chi connectivity index (χ2n) is 24.9. The van der Waals surface area contributed by atoms with E-state index in [9.17, 15) is 35.1 Å². The van der Waals surface area contributed by atoms with E-state index in [4.69, 9.17) is 14.2 Å². The minimum absolute atomic E-state index is 0.106. The lowest BCUT2D eigenvalue weighted by atomic mass is 9.99. The summed E-state index contributed by atoms with van der Waals surface area (Å²) >= 11 is 0. The Morgan fingerprint density at radius 2 is 0.809 bits per heavy atom. The van der Waals surface area contributed by atoms with E-state index < -0.39 is 67.4 Å². The molecule has 1 amide bonds. The highest BCUT2D eigenvalue weighted by molar-refractivity contribution is 5.80. The van der Waals surface area contributed by atoms with Crippen LogP contribution in [0.15, 0.2) is 109 Å². The van der Waals surface area contributed by atoms with E-state index in [0.717, 1.165) is 128 Å². The molecule has 6 N–H and O–H groups in total. The number of ether oxygens (including phenoxy) is 3. The highest BCUT2D eigenvalue weighted by Gasteiger charge is 2.47. The molecule has 1 fully saturated rings. The monoisotopic (exact) mass is 1250 g/mol. The first-order valence-corrected chi connectivity index (χ1v) is 36.7. The summed E-state index contributed by atoms with van der Waals surface area (Å²) in [6, 6.07) is -1.03. The van der Waals surface area contributed by atoms with Crippen LogP contribution in [0.1, 0.15) is 310 Å². The fourth-order valence-corrected chi connectivity index (χ4v) is 10.9. The Bertz CT molecular complexity index is 1870. The van der Waals surface area contributed by atoms with Crippen LogP contribution in [-0.2, 0) is 23.8 Å². The Hall–Kier alpha value is -3.68. The number of carbonyl (C=O) groups is 2. The molecule has 0 aromatic heterocycles. The number of aliphatic hydroxyl groups excluding tert-OH is 5. The maximum Gasteiger partial charge on any atom is 0.306 e. The van der Waals surface area contributed by atoms with Crippen LogP contribution in [0.25, 0.3) is 0 Å². The third-order valence-electron chi connectivity index (χ3n) is 16.7. The Labute approximate surface area is 545 Å². The van der Waals surface area contributed by atoms with Gasteiger partial charge in [-0.1, -0.05) is 304 Å². The van der Waals surface area contributed by atoms with Crippen molar-refractivity contribution in [1.82, 2.24) is 5.32 Å². The molecule has 8 atom stereocenters. The lowest BCUT2D eigenvalue weighted by molar-refractivity contribution is -0.305. The van der Waals surface area contributed by atoms with Gasteiger partial charge in [-0.2, -0.15) is 0 Å². The van der Waals surface area contributed by atoms with Gasteiger partial charge >= 0.3 is 5.97 Å². The molecule has 0 bridgehead atoms. The van der Waals surface area contributed by atoms with Crippen molar-refractivity contribution in [3.8, 4) is 0 Å². The first-order valence-electron chi connectivity index (χ1n) is 36.7. The summed E-state index contributed by atoms with van der Waals surface area (Å²) in [5.74, 6) is -1.21. The van der Waals surface area contributed by atoms with Gasteiger partial charge in [-0.15, -0.1) is 0 Å². The van der Waals surface area contributed by atoms with Crippen LogP contribution in [0.4, 0.5) is 0 Å². The SMILES string of the molecule is CC/C=C\C/C=C\C/C=C\C/C=C\C/C=C\CCCCCCCCCC(=O)OC1C(OCC(NC(=O)C(O)CCCCCCCCCCCCCCC/C=C\C/C=C\C/C=C\CCCCC)C(O)/C=C/CCCCCCCCCCC)OC(CO)C(O)C1O. The number of nitrogens with one attached hydrogen (secondary N) is 1. The van der Waals surface area contributed by atoms with Crippen LogP contribution in [0, 0.1) is 0 Å². The van der Waals surface area contributed by atoms with Crippen LogP contribution < -0.4 is 5.32 Å². The first kappa shape index (κ1) is 83.3. The van der Waals surface area contributed by atoms with Crippen molar-refractivity contribution in [2.24, 2.45) is 0 Å². The molecular formula is C78H135NO10. The number of amides is 1. The second-order valence-corrected chi connectivity index (χ2v) is 24.9. The first-order chi connectivity index (χ1) is 43.7. The number of rotatable bonds is 62. The molecule has 1 heterocycles. The van der Waals surface area contributed by atoms with E-state index in [1.807, 2.05) is 6.08 Å². The smallest absolute Gasteiger partial charge is 0.306 e. The predicted octanol–water partition coefficient (Wildman–Crippen LogP) is 19.2. The standard InChI is InChI=1S/C78H135NO10/c1-4-7-10-13-16-19-22-24-26-28-30-32-34-35-36-38-39-41-43-45-47-50-53-56-59-62-65-71(82)77(86)79-69(70(81)64-61-58-55-52-49-21-18-15-12-9-6-3)68-87-78-76(75(85)74(84)72(67-80)88-78)89-73(83)66-63-60-57-54-51-48-46-44-42-40-37-33-31-29-27-25-23-20-17-14-11-8-5-2/h8,11,16-17,19-20,24-27,30-33,40,42,61,64,69-72,74-76,78,80-82,84-85H,4-7,9-10,12-15,18,21-23,28-29,34-39,41,43-60,62-63,65-68H2,1-3H3,(H,79,86)/b11-8-,19-16-,20-17-,26-24-,27-25-,32-30-,33-31-,42-40-,64-61+. The van der Waals surface area contributed by atoms with E-state index in [1.165, 1.54) is 135 Å². The number of aliphatic hydroxyl groups is 5. The normalized spacial score (nSPS) is 18.8. The number of unbranched alkanes of at least 4 members (excludes halogenated alkanes) is 32. The zero-order valence-corrected chi connectivity index (χ0v) is 57.0. The number of carbonyl (C=O) groups excluding carboxylic acids is 2. The molecule has 11 nitrogen and oxygen atoms in total. The van der Waals surface area contributed by atoms with Gasteiger partial charge in [0, 0.05) is 6.42 Å². The van der Waals surface area contributed by atoms with Gasteiger partial charge in [-0.3, -0.25) is 9.59 Å². The van der Waals surface area contributed by atoms with E-state index in [-0.39, 0.29) is 19.4 Å². The lowest BCUT2D eigenvalue weighted by Gasteiger charge is -2.41. The maximum atomic E-state index is 13.5. The van der Waals surface area contributed by atoms with E-state index in [0.29, 0.717) is 12.8 Å². The van der Waals surface area contributed by atoms with Crippen molar-refractivity contribution in [1.29, 1.82) is 0 Å². The van der Waals surface area contributed by atoms with Crippen molar-refractivity contribution in [2.75, 3.05) is 13.2 Å². The van der Waals surface area contributed by atoms with Gasteiger partial charge in [-0.05, 0) is 109 Å². The molecule has 89 heavy (non-hydrogen) atoms. The third kappa shape index (κ3) is 51.5. The van der Waals surface area contributed by atoms with Gasteiger partial charge in [-0.25, -0.2) is 0 Å². The Morgan fingerprint density at radius 1 is 0.449 bits per heavy atom. The van der Waals surface area contributed by atoms with Crippen LogP contribution in [0.3, 0.4) is 0 Å². The third-order valence-corrected chi connectivity index (χ3v) is 16.7. The van der Waals surface area contributed by atoms with E-state index in [2.05, 4.69) is 123 Å². The molecule has 0 aromatic rings. The molecule has 0 aromatic carbocycles. The maximum absolute atomic E-state index is 13.5. The van der Waals surface area contributed by atoms with Crippen molar-refractivity contribution in [3.05, 3.63) is 109 Å². The molecule has 1 rings (SSSR count). The van der Waals surface area contributed by atoms with Gasteiger partial charge in [0.05, 0.1) is 25.4 Å².